The van der Waals surface area contributed by atoms with Crippen LogP contribution < -0.4 is 10.6 Å². The second-order valence-electron chi connectivity index (χ2n) is 6.39. The molecule has 0 saturated heterocycles. The van der Waals surface area contributed by atoms with E-state index in [0.29, 0.717) is 25.9 Å². The van der Waals surface area contributed by atoms with Gasteiger partial charge in [-0.05, 0) is 24.1 Å². The number of rotatable bonds is 7. The average molecular weight is 320 g/mol. The van der Waals surface area contributed by atoms with Gasteiger partial charge in [0.1, 0.15) is 0 Å². The molecule has 0 aliphatic heterocycles. The molecule has 0 spiro atoms. The van der Waals surface area contributed by atoms with Gasteiger partial charge in [0.15, 0.2) is 0 Å². The summed E-state index contributed by atoms with van der Waals surface area (Å²) in [6.07, 6.45) is 0.906. The van der Waals surface area contributed by atoms with E-state index >= 15 is 0 Å². The molecule has 6 nitrogen and oxygen atoms in total. The average Bonchev–Trinajstić information content (AvgIpc) is 2.48. The van der Waals surface area contributed by atoms with Gasteiger partial charge < -0.3 is 15.7 Å². The van der Waals surface area contributed by atoms with Crippen molar-refractivity contribution in [1.82, 2.24) is 10.6 Å². The van der Waals surface area contributed by atoms with E-state index in [4.69, 9.17) is 5.11 Å². The molecule has 23 heavy (non-hydrogen) atoms. The van der Waals surface area contributed by atoms with Crippen LogP contribution in [0.4, 0.5) is 0 Å². The van der Waals surface area contributed by atoms with E-state index in [-0.39, 0.29) is 17.4 Å². The third-order valence-corrected chi connectivity index (χ3v) is 3.24. The molecule has 0 heterocycles. The second-order valence-corrected chi connectivity index (χ2v) is 6.39. The first-order valence-corrected chi connectivity index (χ1v) is 7.57. The van der Waals surface area contributed by atoms with Gasteiger partial charge >= 0.3 is 5.97 Å². The molecule has 0 bridgehead atoms. The fraction of sp³-hybridized carbons (Fsp3) is 0.471. The molecule has 0 aliphatic rings. The molecular formula is C17H24N2O4. The van der Waals surface area contributed by atoms with Crippen molar-refractivity contribution in [2.24, 2.45) is 5.41 Å². The van der Waals surface area contributed by atoms with E-state index in [0.717, 1.165) is 5.56 Å². The lowest BCUT2D eigenvalue weighted by atomic mass is 9.96. The Bertz CT molecular complexity index is 559. The molecule has 0 radical (unpaired) electrons. The van der Waals surface area contributed by atoms with Crippen LogP contribution in [0.15, 0.2) is 24.3 Å². The van der Waals surface area contributed by atoms with Crippen LogP contribution >= 0.6 is 0 Å². The number of carbonyl (C=O) groups is 3. The van der Waals surface area contributed by atoms with Crippen LogP contribution in [0.2, 0.25) is 0 Å². The highest BCUT2D eigenvalue weighted by molar-refractivity contribution is 5.87. The molecule has 2 amide bonds. The summed E-state index contributed by atoms with van der Waals surface area (Å²) in [4.78, 5) is 34.1. The lowest BCUT2D eigenvalue weighted by Gasteiger charge is -2.17. The molecule has 0 atom stereocenters. The minimum atomic E-state index is -0.974. The van der Waals surface area contributed by atoms with E-state index in [1.807, 2.05) is 20.8 Å². The molecule has 3 N–H and O–H groups in total. The third kappa shape index (κ3) is 6.95. The van der Waals surface area contributed by atoms with Gasteiger partial charge in [-0.25, -0.2) is 4.79 Å². The van der Waals surface area contributed by atoms with Gasteiger partial charge in [0.05, 0.1) is 5.56 Å². The Morgan fingerprint density at radius 3 is 2.17 bits per heavy atom. The van der Waals surface area contributed by atoms with Gasteiger partial charge in [-0.2, -0.15) is 0 Å². The van der Waals surface area contributed by atoms with Crippen LogP contribution in [0.5, 0.6) is 0 Å². The number of carboxylic acid groups (broad SMARTS) is 1. The molecule has 1 aromatic carbocycles. The minimum Gasteiger partial charge on any atom is -0.478 e. The molecule has 0 aliphatic carbocycles. The van der Waals surface area contributed by atoms with Crippen molar-refractivity contribution in [2.45, 2.75) is 40.2 Å². The van der Waals surface area contributed by atoms with Crippen LogP contribution in [-0.4, -0.2) is 29.4 Å². The smallest absolute Gasteiger partial charge is 0.335 e. The standard InChI is InChI=1S/C17H24N2O4/c1-17(2,3)16(23)18-10-4-5-14(20)19-11-12-6-8-13(9-7-12)15(21)22/h6-9H,4-5,10-11H2,1-3H3,(H,18,23)(H,19,20)(H,21,22). The highest BCUT2D eigenvalue weighted by atomic mass is 16.4. The summed E-state index contributed by atoms with van der Waals surface area (Å²) >= 11 is 0. The largest absolute Gasteiger partial charge is 0.478 e. The lowest BCUT2D eigenvalue weighted by molar-refractivity contribution is -0.128. The third-order valence-electron chi connectivity index (χ3n) is 3.24. The fourth-order valence-electron chi connectivity index (χ4n) is 1.77. The first kappa shape index (κ1) is 18.7. The topological polar surface area (TPSA) is 95.5 Å². The zero-order chi connectivity index (χ0) is 17.5. The number of aromatic carboxylic acids is 1. The van der Waals surface area contributed by atoms with Crippen molar-refractivity contribution in [2.75, 3.05) is 6.54 Å². The summed E-state index contributed by atoms with van der Waals surface area (Å²) in [6.45, 7) is 6.34. The van der Waals surface area contributed by atoms with E-state index in [1.165, 1.54) is 12.1 Å². The van der Waals surface area contributed by atoms with Gasteiger partial charge in [-0.15, -0.1) is 0 Å². The maximum absolute atomic E-state index is 11.7. The van der Waals surface area contributed by atoms with Crippen molar-refractivity contribution in [3.63, 3.8) is 0 Å². The number of nitrogens with one attached hydrogen (secondary N) is 2. The van der Waals surface area contributed by atoms with Crippen LogP contribution in [-0.2, 0) is 16.1 Å². The maximum Gasteiger partial charge on any atom is 0.335 e. The molecule has 0 fully saturated rings. The number of hydrogen-bond donors (Lipinski definition) is 3. The number of amides is 2. The van der Waals surface area contributed by atoms with Gasteiger partial charge in [0, 0.05) is 24.9 Å². The Labute approximate surface area is 136 Å². The molecule has 0 aromatic heterocycles. The molecule has 1 rings (SSSR count). The highest BCUT2D eigenvalue weighted by Crippen LogP contribution is 2.12. The van der Waals surface area contributed by atoms with E-state index in [9.17, 15) is 14.4 Å². The first-order chi connectivity index (χ1) is 10.7. The van der Waals surface area contributed by atoms with Crippen LogP contribution in [0, 0.1) is 5.41 Å². The summed E-state index contributed by atoms with van der Waals surface area (Å²) in [5.74, 6) is -1.10. The molecule has 0 saturated carbocycles. The quantitative estimate of drug-likeness (QED) is 0.669. The zero-order valence-corrected chi connectivity index (χ0v) is 13.8. The van der Waals surface area contributed by atoms with Gasteiger partial charge in [-0.1, -0.05) is 32.9 Å². The first-order valence-electron chi connectivity index (χ1n) is 7.57. The van der Waals surface area contributed by atoms with Crippen molar-refractivity contribution in [3.8, 4) is 0 Å². The number of carboxylic acids is 1. The Balaban J connectivity index is 2.24. The van der Waals surface area contributed by atoms with E-state index in [2.05, 4.69) is 10.6 Å². The second kappa shape index (κ2) is 8.31. The molecule has 6 heteroatoms. The predicted molar refractivity (Wildman–Crippen MR) is 86.9 cm³/mol. The number of carbonyl (C=O) groups excluding carboxylic acids is 2. The van der Waals surface area contributed by atoms with Crippen LogP contribution in [0.1, 0.15) is 49.5 Å². The Morgan fingerprint density at radius 2 is 1.65 bits per heavy atom. The molecule has 126 valence electrons. The normalized spacial score (nSPS) is 10.9. The van der Waals surface area contributed by atoms with Crippen molar-refractivity contribution in [1.29, 1.82) is 0 Å². The minimum absolute atomic E-state index is 0.0311. The van der Waals surface area contributed by atoms with Crippen molar-refractivity contribution >= 4 is 17.8 Å². The van der Waals surface area contributed by atoms with Crippen LogP contribution in [0.25, 0.3) is 0 Å². The van der Waals surface area contributed by atoms with Gasteiger partial charge in [0.2, 0.25) is 11.8 Å². The van der Waals surface area contributed by atoms with Gasteiger partial charge in [0.25, 0.3) is 0 Å². The Morgan fingerprint density at radius 1 is 1.04 bits per heavy atom. The van der Waals surface area contributed by atoms with Crippen molar-refractivity contribution in [3.05, 3.63) is 35.4 Å². The Hall–Kier alpha value is -2.37. The summed E-state index contributed by atoms with van der Waals surface area (Å²) in [5, 5.41) is 14.4. The van der Waals surface area contributed by atoms with Gasteiger partial charge in [-0.3, -0.25) is 9.59 Å². The monoisotopic (exact) mass is 320 g/mol. The Kier molecular flexibility index (Phi) is 6.75. The van der Waals surface area contributed by atoms with Crippen LogP contribution in [0.3, 0.4) is 0 Å². The summed E-state index contributed by atoms with van der Waals surface area (Å²) < 4.78 is 0. The highest BCUT2D eigenvalue weighted by Gasteiger charge is 2.20. The zero-order valence-electron chi connectivity index (χ0n) is 13.8. The van der Waals surface area contributed by atoms with E-state index in [1.54, 1.807) is 12.1 Å². The van der Waals surface area contributed by atoms with E-state index < -0.39 is 11.4 Å². The summed E-state index contributed by atoms with van der Waals surface area (Å²) in [5.41, 5.74) is 0.628. The SMILES string of the molecule is CC(C)(C)C(=O)NCCCC(=O)NCc1ccc(C(=O)O)cc1. The fourth-order valence-corrected chi connectivity index (χ4v) is 1.77. The summed E-state index contributed by atoms with van der Waals surface area (Å²) in [7, 11) is 0. The number of hydrogen-bond acceptors (Lipinski definition) is 3. The lowest BCUT2D eigenvalue weighted by Crippen LogP contribution is -2.35. The van der Waals surface area contributed by atoms with Crippen molar-refractivity contribution < 1.29 is 19.5 Å². The summed E-state index contributed by atoms with van der Waals surface area (Å²) in [6, 6.07) is 6.36. The molecule has 1 aromatic rings. The maximum atomic E-state index is 11.7. The number of benzene rings is 1. The molecular weight excluding hydrogens is 296 g/mol. The molecule has 0 unspecified atom stereocenters. The predicted octanol–water partition coefficient (Wildman–Crippen LogP) is 1.94.